The van der Waals surface area contributed by atoms with Crippen molar-refractivity contribution in [3.8, 4) is 11.5 Å². The number of nitrogens with one attached hydrogen (secondary N) is 1. The van der Waals surface area contributed by atoms with Crippen LogP contribution >= 0.6 is 0 Å². The summed E-state index contributed by atoms with van der Waals surface area (Å²) in [5.41, 5.74) is 0.566. The van der Waals surface area contributed by atoms with E-state index in [4.69, 9.17) is 14.2 Å². The SMILES string of the molecule is CCC(C)C(=O)Oc1ccc(C[C@H](NCC(C)OC(=O)CCC(C)C)C(=O)O)cc1OC(=O)C(C)CC. The van der Waals surface area contributed by atoms with E-state index < -0.39 is 30.1 Å². The third kappa shape index (κ3) is 11.8. The van der Waals surface area contributed by atoms with Gasteiger partial charge in [-0.3, -0.25) is 19.2 Å². The van der Waals surface area contributed by atoms with Crippen LogP contribution in [-0.2, 0) is 30.3 Å². The highest BCUT2D eigenvalue weighted by Gasteiger charge is 2.23. The molecule has 1 rings (SSSR count). The minimum atomic E-state index is -1.08. The molecular formula is C28H43NO8. The van der Waals surface area contributed by atoms with Gasteiger partial charge in [0.25, 0.3) is 0 Å². The van der Waals surface area contributed by atoms with Crippen molar-refractivity contribution in [1.82, 2.24) is 5.32 Å². The van der Waals surface area contributed by atoms with Gasteiger partial charge in [0.2, 0.25) is 0 Å². The largest absolute Gasteiger partial charge is 0.480 e. The average Bonchev–Trinajstić information content (AvgIpc) is 2.85. The standard InChI is InChI=1S/C28H43NO8/c1-8-18(5)27(33)36-23-12-11-21(15-24(23)37-28(34)19(6)9-2)14-22(26(31)32)29-16-20(7)35-25(30)13-10-17(3)4/h11-12,15,17-20,22,29H,8-10,13-14,16H2,1-7H3,(H,31,32)/t18?,19?,20?,22-/m0/s1. The van der Waals surface area contributed by atoms with E-state index >= 15 is 0 Å². The fourth-order valence-electron chi connectivity index (χ4n) is 3.12. The van der Waals surface area contributed by atoms with Crippen molar-refractivity contribution in [1.29, 1.82) is 0 Å². The predicted molar refractivity (Wildman–Crippen MR) is 139 cm³/mol. The number of ether oxygens (including phenoxy) is 3. The maximum atomic E-state index is 12.5. The first-order valence-corrected chi connectivity index (χ1v) is 13.1. The first-order valence-electron chi connectivity index (χ1n) is 13.1. The molecule has 0 saturated heterocycles. The molecular weight excluding hydrogens is 478 g/mol. The lowest BCUT2D eigenvalue weighted by Gasteiger charge is -2.20. The number of carbonyl (C=O) groups is 4. The van der Waals surface area contributed by atoms with Crippen molar-refractivity contribution in [3.05, 3.63) is 23.8 Å². The summed E-state index contributed by atoms with van der Waals surface area (Å²) >= 11 is 0. The quantitative estimate of drug-likeness (QED) is 0.238. The summed E-state index contributed by atoms with van der Waals surface area (Å²) in [4.78, 5) is 48.6. The van der Waals surface area contributed by atoms with E-state index in [2.05, 4.69) is 5.32 Å². The molecule has 2 N–H and O–H groups in total. The number of rotatable bonds is 16. The van der Waals surface area contributed by atoms with E-state index in [1.165, 1.54) is 12.1 Å². The Hall–Kier alpha value is -2.94. The molecule has 1 aromatic carbocycles. The Morgan fingerprint density at radius 1 is 0.892 bits per heavy atom. The number of hydrogen-bond acceptors (Lipinski definition) is 8. The lowest BCUT2D eigenvalue weighted by molar-refractivity contribution is -0.148. The molecule has 0 fully saturated rings. The molecule has 3 unspecified atom stereocenters. The number of carboxylic acid groups (broad SMARTS) is 1. The zero-order valence-electron chi connectivity index (χ0n) is 23.2. The zero-order valence-corrected chi connectivity index (χ0v) is 23.2. The van der Waals surface area contributed by atoms with Gasteiger partial charge in [-0.1, -0.05) is 47.6 Å². The molecule has 0 bridgehead atoms. The minimum Gasteiger partial charge on any atom is -0.480 e. The number of carboxylic acids is 1. The van der Waals surface area contributed by atoms with Gasteiger partial charge in [-0.15, -0.1) is 0 Å². The summed E-state index contributed by atoms with van der Waals surface area (Å²) in [6.07, 6.45) is 1.77. The Morgan fingerprint density at radius 2 is 1.46 bits per heavy atom. The van der Waals surface area contributed by atoms with E-state index in [0.29, 0.717) is 30.7 Å². The molecule has 0 heterocycles. The Bertz CT molecular complexity index is 913. The number of hydrogen-bond donors (Lipinski definition) is 2. The molecule has 0 aromatic heterocycles. The average molecular weight is 522 g/mol. The molecule has 1 aromatic rings. The maximum Gasteiger partial charge on any atom is 0.321 e. The Morgan fingerprint density at radius 3 is 1.97 bits per heavy atom. The second-order valence-electron chi connectivity index (χ2n) is 9.98. The van der Waals surface area contributed by atoms with E-state index in [9.17, 15) is 24.3 Å². The monoisotopic (exact) mass is 521 g/mol. The Labute approximate surface area is 220 Å². The lowest BCUT2D eigenvalue weighted by Crippen LogP contribution is -2.42. The van der Waals surface area contributed by atoms with Gasteiger partial charge in [-0.2, -0.15) is 0 Å². The van der Waals surface area contributed by atoms with Gasteiger partial charge in [-0.25, -0.2) is 0 Å². The summed E-state index contributed by atoms with van der Waals surface area (Å²) in [6.45, 7) is 13.1. The van der Waals surface area contributed by atoms with E-state index in [1.807, 2.05) is 27.7 Å². The highest BCUT2D eigenvalue weighted by molar-refractivity contribution is 5.78. The predicted octanol–water partition coefficient (Wildman–Crippen LogP) is 4.54. The first-order chi connectivity index (χ1) is 17.4. The van der Waals surface area contributed by atoms with Crippen molar-refractivity contribution >= 4 is 23.9 Å². The third-order valence-electron chi connectivity index (χ3n) is 6.11. The molecule has 0 radical (unpaired) electrons. The third-order valence-corrected chi connectivity index (χ3v) is 6.11. The van der Waals surface area contributed by atoms with Crippen molar-refractivity contribution in [3.63, 3.8) is 0 Å². The second kappa shape index (κ2) is 16.0. The topological polar surface area (TPSA) is 128 Å². The van der Waals surface area contributed by atoms with E-state index in [0.717, 1.165) is 6.42 Å². The first kappa shape index (κ1) is 32.1. The van der Waals surface area contributed by atoms with Crippen LogP contribution in [0.1, 0.15) is 79.7 Å². The van der Waals surface area contributed by atoms with Crippen LogP contribution in [0.4, 0.5) is 0 Å². The molecule has 208 valence electrons. The molecule has 9 heteroatoms. The van der Waals surface area contributed by atoms with Crippen LogP contribution < -0.4 is 14.8 Å². The molecule has 0 aliphatic rings. The van der Waals surface area contributed by atoms with Crippen LogP contribution in [-0.4, -0.2) is 47.7 Å². The number of esters is 3. The molecule has 4 atom stereocenters. The van der Waals surface area contributed by atoms with Crippen molar-refractivity contribution in [2.75, 3.05) is 6.54 Å². The van der Waals surface area contributed by atoms with Crippen LogP contribution in [0.2, 0.25) is 0 Å². The zero-order chi connectivity index (χ0) is 28.1. The number of benzene rings is 1. The van der Waals surface area contributed by atoms with Crippen LogP contribution in [0.3, 0.4) is 0 Å². The van der Waals surface area contributed by atoms with Gasteiger partial charge < -0.3 is 24.6 Å². The van der Waals surface area contributed by atoms with Gasteiger partial charge in [0.05, 0.1) is 11.8 Å². The number of aliphatic carboxylic acids is 1. The smallest absolute Gasteiger partial charge is 0.321 e. The van der Waals surface area contributed by atoms with Gasteiger partial charge in [0, 0.05) is 13.0 Å². The van der Waals surface area contributed by atoms with Crippen molar-refractivity contribution < 1.29 is 38.5 Å². The van der Waals surface area contributed by atoms with Gasteiger partial charge in [-0.05, 0) is 56.2 Å². The fourth-order valence-corrected chi connectivity index (χ4v) is 3.12. The fraction of sp³-hybridized carbons (Fsp3) is 0.643. The maximum absolute atomic E-state index is 12.5. The summed E-state index contributed by atoms with van der Waals surface area (Å²) in [5.74, 6) is -2.45. The molecule has 0 aliphatic carbocycles. The Kier molecular flexibility index (Phi) is 13.9. The Balaban J connectivity index is 2.98. The van der Waals surface area contributed by atoms with Crippen LogP contribution in [0.25, 0.3) is 0 Å². The molecule has 0 aliphatic heterocycles. The van der Waals surface area contributed by atoms with Crippen LogP contribution in [0, 0.1) is 17.8 Å². The highest BCUT2D eigenvalue weighted by atomic mass is 16.6. The number of carbonyl (C=O) groups excluding carboxylic acids is 3. The van der Waals surface area contributed by atoms with Crippen molar-refractivity contribution in [2.24, 2.45) is 17.8 Å². The van der Waals surface area contributed by atoms with Crippen molar-refractivity contribution in [2.45, 2.75) is 92.7 Å². The van der Waals surface area contributed by atoms with Crippen LogP contribution in [0.15, 0.2) is 18.2 Å². The molecule has 9 nitrogen and oxygen atoms in total. The summed E-state index contributed by atoms with van der Waals surface area (Å²) in [5, 5.41) is 12.7. The molecule has 37 heavy (non-hydrogen) atoms. The minimum absolute atomic E-state index is 0.0658. The van der Waals surface area contributed by atoms with E-state index in [1.54, 1.807) is 26.8 Å². The lowest BCUT2D eigenvalue weighted by atomic mass is 10.0. The summed E-state index contributed by atoms with van der Waals surface area (Å²) in [7, 11) is 0. The van der Waals surface area contributed by atoms with Gasteiger partial charge in [0.15, 0.2) is 11.5 Å². The molecule has 0 saturated carbocycles. The van der Waals surface area contributed by atoms with Crippen LogP contribution in [0.5, 0.6) is 11.5 Å². The summed E-state index contributed by atoms with van der Waals surface area (Å²) < 4.78 is 16.4. The summed E-state index contributed by atoms with van der Waals surface area (Å²) in [6, 6.07) is 3.68. The van der Waals surface area contributed by atoms with E-state index in [-0.39, 0.29) is 42.3 Å². The van der Waals surface area contributed by atoms with Gasteiger partial charge >= 0.3 is 23.9 Å². The molecule has 0 spiro atoms. The highest BCUT2D eigenvalue weighted by Crippen LogP contribution is 2.31. The normalized spacial score (nSPS) is 14.4. The second-order valence-corrected chi connectivity index (χ2v) is 9.98. The molecule has 0 amide bonds. The van der Waals surface area contributed by atoms with Gasteiger partial charge in [0.1, 0.15) is 12.1 Å².